The van der Waals surface area contributed by atoms with E-state index in [1.165, 1.54) is 13.8 Å². The Morgan fingerprint density at radius 3 is 1.83 bits per heavy atom. The van der Waals surface area contributed by atoms with Gasteiger partial charge in [-0.05, 0) is 42.9 Å². The first-order chi connectivity index (χ1) is 27.3. The lowest BCUT2D eigenvalue weighted by Crippen LogP contribution is -2.58. The van der Waals surface area contributed by atoms with Crippen LogP contribution >= 0.6 is 0 Å². The molecule has 10 N–H and O–H groups in total. The molecule has 6 amide bonds. The second kappa shape index (κ2) is 21.6. The van der Waals surface area contributed by atoms with Crippen LogP contribution in [-0.4, -0.2) is 107 Å². The molecule has 0 saturated heterocycles. The number of rotatable bonds is 21. The quantitative estimate of drug-likeness (QED) is 0.0741. The Balaban J connectivity index is 1.61. The van der Waals surface area contributed by atoms with Crippen molar-refractivity contribution >= 4 is 52.3 Å². The summed E-state index contributed by atoms with van der Waals surface area (Å²) in [5.41, 5.74) is 7.90. The Hall–Kier alpha value is -5.91. The Bertz CT molecular complexity index is 1910. The maximum absolute atomic E-state index is 15.1. The third-order valence-electron chi connectivity index (χ3n) is 9.44. The molecule has 3 aromatic rings. The number of hydrogen-bond acceptors (Lipinski definition) is 8. The van der Waals surface area contributed by atoms with E-state index in [1.54, 1.807) is 88.5 Å². The highest BCUT2D eigenvalue weighted by Crippen LogP contribution is 2.19. The molecule has 3 rings (SSSR count). The fourth-order valence-electron chi connectivity index (χ4n) is 5.78. The van der Waals surface area contributed by atoms with Crippen LogP contribution < -0.4 is 37.6 Å². The van der Waals surface area contributed by atoms with Crippen molar-refractivity contribution in [3.8, 4) is 0 Å². The number of carbonyl (C=O) groups excluding carboxylic acids is 6. The van der Waals surface area contributed by atoms with Gasteiger partial charge in [0.15, 0.2) is 6.17 Å². The second-order valence-electron chi connectivity index (χ2n) is 14.8. The molecule has 0 aliphatic carbocycles. The van der Waals surface area contributed by atoms with Crippen LogP contribution in [0.15, 0.2) is 60.8 Å². The molecule has 0 unspecified atom stereocenters. The van der Waals surface area contributed by atoms with Gasteiger partial charge in [-0.2, -0.15) is 0 Å². The van der Waals surface area contributed by atoms with Crippen LogP contribution in [0.3, 0.4) is 0 Å². The Kier molecular flexibility index (Phi) is 17.3. The standard InChI is InChI=1S/C40H54F2N8O8/c1-20(2)32(43)38(55)47-22(5)34(51)48-29(17-25-18-44-28-15-11-10-14-26(25)28)36(53)45-19-27(41)31(42)37(54)46-23(6)35(52)50-33(21(3)4)39(56)49-30(40(57)58)16-24-12-8-7-9-13-24/h7-15,18,20-23,27,29-33,44H,16-17,19,43H2,1-6H3,(H,45,53)(H,46,54)(H,47,55)(H,48,51)(H,49,56)(H,50,52)(H,57,58)/t22-,23-,27-,29-,30+,31+,32-,33-/m1/s1. The van der Waals surface area contributed by atoms with Crippen molar-refractivity contribution in [2.24, 2.45) is 17.6 Å². The van der Waals surface area contributed by atoms with Gasteiger partial charge in [-0.3, -0.25) is 28.8 Å². The van der Waals surface area contributed by atoms with Crippen LogP contribution in [0.5, 0.6) is 0 Å². The number of aliphatic carboxylic acids is 1. The Morgan fingerprint density at radius 2 is 1.22 bits per heavy atom. The van der Waals surface area contributed by atoms with Gasteiger partial charge in [-0.1, -0.05) is 76.2 Å². The number of fused-ring (bicyclic) bond motifs is 1. The zero-order valence-electron chi connectivity index (χ0n) is 33.3. The van der Waals surface area contributed by atoms with Gasteiger partial charge in [0, 0.05) is 29.9 Å². The van der Waals surface area contributed by atoms with Crippen LogP contribution in [0.1, 0.15) is 52.7 Å². The van der Waals surface area contributed by atoms with E-state index in [4.69, 9.17) is 5.73 Å². The zero-order valence-corrected chi connectivity index (χ0v) is 33.3. The van der Waals surface area contributed by atoms with Crippen molar-refractivity contribution in [1.82, 2.24) is 36.9 Å². The van der Waals surface area contributed by atoms with E-state index in [-0.39, 0.29) is 18.8 Å². The maximum Gasteiger partial charge on any atom is 0.326 e. The van der Waals surface area contributed by atoms with E-state index in [2.05, 4.69) is 36.9 Å². The smallest absolute Gasteiger partial charge is 0.326 e. The number of carbonyl (C=O) groups is 7. The number of nitrogens with two attached hydrogens (primary N) is 1. The Morgan fingerprint density at radius 1 is 0.655 bits per heavy atom. The Labute approximate surface area is 335 Å². The summed E-state index contributed by atoms with van der Waals surface area (Å²) in [6.07, 6.45) is -3.92. The number of hydrogen-bond donors (Lipinski definition) is 9. The summed E-state index contributed by atoms with van der Waals surface area (Å²) >= 11 is 0. The molecule has 1 aromatic heterocycles. The molecule has 1 heterocycles. The number of benzene rings is 2. The molecular formula is C40H54F2N8O8. The number of nitrogens with one attached hydrogen (secondary N) is 7. The normalized spacial score (nSPS) is 15.5. The van der Waals surface area contributed by atoms with E-state index < -0.39 is 102 Å². The highest BCUT2D eigenvalue weighted by Gasteiger charge is 2.34. The fraction of sp³-hybridized carbons (Fsp3) is 0.475. The van der Waals surface area contributed by atoms with E-state index >= 15 is 8.78 Å². The van der Waals surface area contributed by atoms with Crippen LogP contribution in [-0.2, 0) is 46.4 Å². The fourth-order valence-corrected chi connectivity index (χ4v) is 5.78. The molecule has 316 valence electrons. The zero-order chi connectivity index (χ0) is 43.3. The molecule has 0 aliphatic rings. The van der Waals surface area contributed by atoms with Gasteiger partial charge in [0.1, 0.15) is 30.2 Å². The van der Waals surface area contributed by atoms with Crippen LogP contribution in [0.4, 0.5) is 8.78 Å². The number of alkyl halides is 2. The molecule has 8 atom stereocenters. The molecule has 18 heteroatoms. The van der Waals surface area contributed by atoms with Crippen LogP contribution in [0.25, 0.3) is 10.9 Å². The molecular weight excluding hydrogens is 758 g/mol. The maximum atomic E-state index is 15.1. The van der Waals surface area contributed by atoms with Crippen molar-refractivity contribution in [3.05, 3.63) is 71.9 Å². The van der Waals surface area contributed by atoms with Gasteiger partial charge >= 0.3 is 5.97 Å². The summed E-state index contributed by atoms with van der Waals surface area (Å²) in [6, 6.07) is 8.39. The molecule has 0 radical (unpaired) electrons. The minimum absolute atomic E-state index is 0.0255. The molecule has 0 aliphatic heterocycles. The predicted molar refractivity (Wildman–Crippen MR) is 211 cm³/mol. The van der Waals surface area contributed by atoms with Crippen molar-refractivity contribution in [3.63, 3.8) is 0 Å². The number of carboxylic acids is 1. The molecule has 58 heavy (non-hydrogen) atoms. The minimum Gasteiger partial charge on any atom is -0.480 e. The lowest BCUT2D eigenvalue weighted by Gasteiger charge is -2.26. The number of amides is 6. The summed E-state index contributed by atoms with van der Waals surface area (Å²) in [6.45, 7) is 8.24. The third-order valence-corrected chi connectivity index (χ3v) is 9.44. The summed E-state index contributed by atoms with van der Waals surface area (Å²) in [4.78, 5) is 92.7. The molecule has 0 fully saturated rings. The van der Waals surface area contributed by atoms with Gasteiger partial charge in [0.05, 0.1) is 12.6 Å². The van der Waals surface area contributed by atoms with Crippen molar-refractivity contribution in [2.45, 2.75) is 103 Å². The number of aromatic nitrogens is 1. The van der Waals surface area contributed by atoms with E-state index in [0.717, 1.165) is 10.9 Å². The van der Waals surface area contributed by atoms with Crippen LogP contribution in [0, 0.1) is 11.8 Å². The number of para-hydroxylation sites is 1. The largest absolute Gasteiger partial charge is 0.480 e. The highest BCUT2D eigenvalue weighted by molar-refractivity contribution is 5.95. The van der Waals surface area contributed by atoms with Gasteiger partial charge in [-0.15, -0.1) is 0 Å². The second-order valence-corrected chi connectivity index (χ2v) is 14.8. The van der Waals surface area contributed by atoms with E-state index in [1.807, 2.05) is 0 Å². The van der Waals surface area contributed by atoms with Crippen molar-refractivity contribution in [1.29, 1.82) is 0 Å². The minimum atomic E-state index is -2.85. The summed E-state index contributed by atoms with van der Waals surface area (Å²) in [5.74, 6) is -7.54. The molecule has 0 spiro atoms. The first kappa shape index (κ1) is 46.5. The first-order valence-electron chi connectivity index (χ1n) is 19.0. The monoisotopic (exact) mass is 812 g/mol. The molecule has 0 saturated carbocycles. The highest BCUT2D eigenvalue weighted by atomic mass is 19.2. The SMILES string of the molecule is CC(C)[C@@H](N)C(=O)N[C@H](C)C(=O)N[C@H](Cc1c[nH]c2ccccc12)C(=O)NC[C@@H](F)[C@H](F)C(=O)N[C@H](C)C(=O)N[C@@H](C(=O)N[C@@H](Cc1ccccc1)C(=O)O)C(C)C. The third kappa shape index (κ3) is 13.3. The van der Waals surface area contributed by atoms with Gasteiger partial charge in [-0.25, -0.2) is 13.6 Å². The number of aromatic amines is 1. The van der Waals surface area contributed by atoms with Gasteiger partial charge in [0.2, 0.25) is 35.7 Å². The first-order valence-corrected chi connectivity index (χ1v) is 19.0. The average Bonchev–Trinajstić information content (AvgIpc) is 3.59. The lowest BCUT2D eigenvalue weighted by atomic mass is 10.0. The van der Waals surface area contributed by atoms with Gasteiger partial charge < -0.3 is 47.7 Å². The topological polar surface area (TPSA) is 254 Å². The number of halogens is 2. The summed E-state index contributed by atoms with van der Waals surface area (Å²) < 4.78 is 30.3. The molecule has 16 nitrogen and oxygen atoms in total. The summed E-state index contributed by atoms with van der Waals surface area (Å²) in [5, 5.41) is 24.6. The predicted octanol–water partition coefficient (Wildman–Crippen LogP) is 0.933. The van der Waals surface area contributed by atoms with E-state index in [0.29, 0.717) is 11.1 Å². The number of H-pyrrole nitrogens is 1. The molecule has 2 aromatic carbocycles. The van der Waals surface area contributed by atoms with Crippen molar-refractivity contribution in [2.75, 3.05) is 6.54 Å². The van der Waals surface area contributed by atoms with Crippen molar-refractivity contribution < 1.29 is 47.4 Å². The van der Waals surface area contributed by atoms with Crippen LogP contribution in [0.2, 0.25) is 0 Å². The van der Waals surface area contributed by atoms with E-state index in [9.17, 15) is 38.7 Å². The lowest BCUT2D eigenvalue weighted by molar-refractivity contribution is -0.142. The van der Waals surface area contributed by atoms with Gasteiger partial charge in [0.25, 0.3) is 5.91 Å². The average molecular weight is 813 g/mol. The summed E-state index contributed by atoms with van der Waals surface area (Å²) in [7, 11) is 0. The molecule has 0 bridgehead atoms. The number of carboxylic acid groups (broad SMARTS) is 1.